The van der Waals surface area contributed by atoms with Crippen LogP contribution < -0.4 is 4.72 Å². The average Bonchev–Trinajstić information content (AvgIpc) is 3.26. The molecule has 140 valence electrons. The van der Waals surface area contributed by atoms with Gasteiger partial charge in [0.25, 0.3) is 10.0 Å². The lowest BCUT2D eigenvalue weighted by molar-refractivity contribution is -0.129. The molecule has 8 heteroatoms. The van der Waals surface area contributed by atoms with E-state index in [9.17, 15) is 13.2 Å². The summed E-state index contributed by atoms with van der Waals surface area (Å²) in [6.07, 6.45) is 5.23. The summed E-state index contributed by atoms with van der Waals surface area (Å²) in [5.74, 6) is 0.148. The quantitative estimate of drug-likeness (QED) is 0.830. The molecule has 1 fully saturated rings. The Labute approximate surface area is 153 Å². The summed E-state index contributed by atoms with van der Waals surface area (Å²) in [7, 11) is -3.97. The van der Waals surface area contributed by atoms with Crippen molar-refractivity contribution in [3.8, 4) is 11.5 Å². The standard InChI is InChI=1S/C18H23N3O4S/c1-13(2)11-18(8-3-4-9-18)17(22)21-26(23,24)15-7-5-6-14(10-15)16-20-19-12-25-16/h5-7,10,12-13H,3-4,8-9,11H2,1-2H3,(H,21,22). The van der Waals surface area contributed by atoms with Crippen molar-refractivity contribution in [2.75, 3.05) is 0 Å². The Balaban J connectivity index is 1.84. The maximum atomic E-state index is 12.9. The zero-order valence-corrected chi connectivity index (χ0v) is 15.8. The van der Waals surface area contributed by atoms with Crippen LogP contribution in [0.15, 0.2) is 40.0 Å². The molecular formula is C18H23N3O4S. The van der Waals surface area contributed by atoms with E-state index in [-0.39, 0.29) is 10.8 Å². The smallest absolute Gasteiger partial charge is 0.264 e. The SMILES string of the molecule is CC(C)CC1(C(=O)NS(=O)(=O)c2cccc(-c3nnco3)c2)CCCC1. The van der Waals surface area contributed by atoms with E-state index in [0.29, 0.717) is 17.9 Å². The van der Waals surface area contributed by atoms with E-state index >= 15 is 0 Å². The zero-order valence-electron chi connectivity index (χ0n) is 14.9. The number of nitrogens with zero attached hydrogens (tertiary/aromatic N) is 2. The number of carbonyl (C=O) groups excluding carboxylic acids is 1. The number of carbonyl (C=O) groups is 1. The summed E-state index contributed by atoms with van der Waals surface area (Å²) in [4.78, 5) is 12.9. The molecule has 2 aromatic rings. The molecule has 3 rings (SSSR count). The first-order valence-electron chi connectivity index (χ1n) is 8.76. The van der Waals surface area contributed by atoms with Crippen LogP contribution in [0.25, 0.3) is 11.5 Å². The Morgan fingerprint density at radius 3 is 2.65 bits per heavy atom. The van der Waals surface area contributed by atoms with Gasteiger partial charge in [0.05, 0.1) is 10.3 Å². The fourth-order valence-corrected chi connectivity index (χ4v) is 4.86. The van der Waals surface area contributed by atoms with Crippen LogP contribution in [0.2, 0.25) is 0 Å². The van der Waals surface area contributed by atoms with E-state index in [1.165, 1.54) is 18.5 Å². The van der Waals surface area contributed by atoms with E-state index in [2.05, 4.69) is 28.8 Å². The van der Waals surface area contributed by atoms with Crippen molar-refractivity contribution < 1.29 is 17.6 Å². The highest BCUT2D eigenvalue weighted by atomic mass is 32.2. The predicted octanol–water partition coefficient (Wildman–Crippen LogP) is 3.15. The van der Waals surface area contributed by atoms with Crippen LogP contribution in [-0.4, -0.2) is 24.5 Å². The lowest BCUT2D eigenvalue weighted by Gasteiger charge is -2.29. The highest BCUT2D eigenvalue weighted by molar-refractivity contribution is 7.90. The van der Waals surface area contributed by atoms with Gasteiger partial charge in [0.2, 0.25) is 18.2 Å². The van der Waals surface area contributed by atoms with Gasteiger partial charge in [0.15, 0.2) is 0 Å². The molecule has 7 nitrogen and oxygen atoms in total. The van der Waals surface area contributed by atoms with Gasteiger partial charge in [-0.3, -0.25) is 4.79 Å². The van der Waals surface area contributed by atoms with E-state index < -0.39 is 21.3 Å². The summed E-state index contributed by atoms with van der Waals surface area (Å²) in [6.45, 7) is 4.10. The summed E-state index contributed by atoms with van der Waals surface area (Å²) in [6, 6.07) is 6.12. The van der Waals surface area contributed by atoms with E-state index in [1.807, 2.05) is 0 Å². The van der Waals surface area contributed by atoms with Gasteiger partial charge in [-0.05, 0) is 43.4 Å². The molecule has 0 spiro atoms. The van der Waals surface area contributed by atoms with E-state index in [0.717, 1.165) is 25.7 Å². The average molecular weight is 377 g/mol. The molecule has 0 unspecified atom stereocenters. The molecule has 0 aliphatic heterocycles. The van der Waals surface area contributed by atoms with Crippen LogP contribution in [0, 0.1) is 11.3 Å². The van der Waals surface area contributed by atoms with Gasteiger partial charge in [0, 0.05) is 5.56 Å². The zero-order chi connectivity index (χ0) is 18.8. The minimum absolute atomic E-state index is 0.000700. The van der Waals surface area contributed by atoms with Crippen molar-refractivity contribution in [2.45, 2.75) is 50.8 Å². The van der Waals surface area contributed by atoms with E-state index in [4.69, 9.17) is 4.42 Å². The molecule has 1 saturated carbocycles. The summed E-state index contributed by atoms with van der Waals surface area (Å²) < 4.78 is 32.9. The first kappa shape index (κ1) is 18.6. The second kappa shape index (κ2) is 7.19. The molecule has 1 N–H and O–H groups in total. The first-order valence-corrected chi connectivity index (χ1v) is 10.2. The van der Waals surface area contributed by atoms with Gasteiger partial charge in [0.1, 0.15) is 0 Å². The van der Waals surface area contributed by atoms with Crippen molar-refractivity contribution in [3.63, 3.8) is 0 Å². The maximum Gasteiger partial charge on any atom is 0.264 e. The predicted molar refractivity (Wildman–Crippen MR) is 95.4 cm³/mol. The van der Waals surface area contributed by atoms with Gasteiger partial charge in [-0.1, -0.05) is 32.8 Å². The Bertz CT molecular complexity index is 870. The molecule has 1 aliphatic carbocycles. The van der Waals surface area contributed by atoms with Crippen molar-refractivity contribution in [1.82, 2.24) is 14.9 Å². The van der Waals surface area contributed by atoms with Crippen molar-refractivity contribution in [3.05, 3.63) is 30.7 Å². The number of rotatable bonds is 6. The number of hydrogen-bond donors (Lipinski definition) is 1. The van der Waals surface area contributed by atoms with Crippen LogP contribution in [-0.2, 0) is 14.8 Å². The van der Waals surface area contributed by atoms with Crippen LogP contribution >= 0.6 is 0 Å². The summed E-state index contributed by atoms with van der Waals surface area (Å²) in [5.41, 5.74) is -0.110. The van der Waals surface area contributed by atoms with Crippen LogP contribution in [0.3, 0.4) is 0 Å². The Kier molecular flexibility index (Phi) is 5.13. The molecule has 1 heterocycles. The summed E-state index contributed by atoms with van der Waals surface area (Å²) in [5, 5.41) is 7.37. The van der Waals surface area contributed by atoms with Crippen molar-refractivity contribution in [1.29, 1.82) is 0 Å². The fraction of sp³-hybridized carbons (Fsp3) is 0.500. The third kappa shape index (κ3) is 3.80. The van der Waals surface area contributed by atoms with Crippen molar-refractivity contribution in [2.24, 2.45) is 11.3 Å². The van der Waals surface area contributed by atoms with Gasteiger partial charge in [-0.15, -0.1) is 10.2 Å². The van der Waals surface area contributed by atoms with Gasteiger partial charge in [-0.2, -0.15) is 0 Å². The molecule has 0 atom stereocenters. The molecule has 1 aromatic heterocycles. The molecule has 0 saturated heterocycles. The van der Waals surface area contributed by atoms with E-state index in [1.54, 1.807) is 12.1 Å². The van der Waals surface area contributed by atoms with Gasteiger partial charge < -0.3 is 4.42 Å². The number of aromatic nitrogens is 2. The highest BCUT2D eigenvalue weighted by Gasteiger charge is 2.43. The third-order valence-corrected chi connectivity index (χ3v) is 6.15. The van der Waals surface area contributed by atoms with Crippen molar-refractivity contribution >= 4 is 15.9 Å². The Morgan fingerprint density at radius 1 is 1.31 bits per heavy atom. The molecule has 1 amide bonds. The maximum absolute atomic E-state index is 12.9. The highest BCUT2D eigenvalue weighted by Crippen LogP contribution is 2.43. The number of sulfonamides is 1. The Hall–Kier alpha value is -2.22. The Morgan fingerprint density at radius 2 is 2.04 bits per heavy atom. The number of nitrogens with one attached hydrogen (secondary N) is 1. The fourth-order valence-electron chi connectivity index (χ4n) is 3.74. The third-order valence-electron chi connectivity index (χ3n) is 4.82. The largest absolute Gasteiger partial charge is 0.423 e. The minimum Gasteiger partial charge on any atom is -0.423 e. The normalized spacial score (nSPS) is 16.7. The van der Waals surface area contributed by atoms with Crippen LogP contribution in [0.1, 0.15) is 46.0 Å². The molecule has 0 bridgehead atoms. The molecular weight excluding hydrogens is 354 g/mol. The molecule has 1 aliphatic rings. The molecule has 26 heavy (non-hydrogen) atoms. The second-order valence-corrected chi connectivity index (χ2v) is 8.97. The minimum atomic E-state index is -3.97. The second-order valence-electron chi connectivity index (χ2n) is 7.29. The van der Waals surface area contributed by atoms with Crippen LogP contribution in [0.5, 0.6) is 0 Å². The lowest BCUT2D eigenvalue weighted by Crippen LogP contribution is -2.43. The molecule has 0 radical (unpaired) electrons. The monoisotopic (exact) mass is 377 g/mol. The number of amides is 1. The molecule has 1 aromatic carbocycles. The van der Waals surface area contributed by atoms with Gasteiger partial charge >= 0.3 is 0 Å². The lowest BCUT2D eigenvalue weighted by atomic mass is 9.78. The summed E-state index contributed by atoms with van der Waals surface area (Å²) >= 11 is 0. The number of hydrogen-bond acceptors (Lipinski definition) is 6. The van der Waals surface area contributed by atoms with Gasteiger partial charge in [-0.25, -0.2) is 13.1 Å². The first-order chi connectivity index (χ1) is 12.3. The number of benzene rings is 1. The topological polar surface area (TPSA) is 102 Å². The van der Waals surface area contributed by atoms with Crippen LogP contribution in [0.4, 0.5) is 0 Å².